The van der Waals surface area contributed by atoms with Crippen LogP contribution in [0.25, 0.3) is 0 Å². The van der Waals surface area contributed by atoms with E-state index < -0.39 is 12.0 Å². The van der Waals surface area contributed by atoms with Gasteiger partial charge in [-0.15, -0.1) is 0 Å². The largest absolute Gasteiger partial charge is 0.489 e. The fourth-order valence-electron chi connectivity index (χ4n) is 1.67. The van der Waals surface area contributed by atoms with Crippen LogP contribution in [0.3, 0.4) is 0 Å². The van der Waals surface area contributed by atoms with Crippen molar-refractivity contribution in [1.29, 1.82) is 5.26 Å². The Labute approximate surface area is 92.5 Å². The molecule has 0 spiro atoms. The average molecular weight is 218 g/mol. The third-order valence-corrected chi connectivity index (χ3v) is 2.62. The van der Waals surface area contributed by atoms with Crippen molar-refractivity contribution < 1.29 is 14.6 Å². The number of likely N-dealkylation sites (N-methyl/N-ethyl adjacent to an activating group) is 1. The molecule has 0 fully saturated rings. The van der Waals surface area contributed by atoms with Crippen molar-refractivity contribution in [3.63, 3.8) is 0 Å². The summed E-state index contributed by atoms with van der Waals surface area (Å²) in [5, 5.41) is 17.7. The van der Waals surface area contributed by atoms with E-state index >= 15 is 0 Å². The van der Waals surface area contributed by atoms with Crippen molar-refractivity contribution in [2.24, 2.45) is 0 Å². The van der Waals surface area contributed by atoms with Gasteiger partial charge in [0, 0.05) is 7.05 Å². The van der Waals surface area contributed by atoms with Gasteiger partial charge in [0.05, 0.1) is 17.3 Å². The lowest BCUT2D eigenvalue weighted by Crippen LogP contribution is -2.45. The number of anilines is 1. The highest BCUT2D eigenvalue weighted by Gasteiger charge is 2.30. The minimum atomic E-state index is -0.935. The van der Waals surface area contributed by atoms with Crippen LogP contribution in [-0.2, 0) is 4.79 Å². The van der Waals surface area contributed by atoms with Crippen molar-refractivity contribution >= 4 is 11.7 Å². The highest BCUT2D eigenvalue weighted by Crippen LogP contribution is 2.33. The second-order valence-electron chi connectivity index (χ2n) is 3.57. The van der Waals surface area contributed by atoms with Gasteiger partial charge in [0.2, 0.25) is 0 Å². The molecule has 5 nitrogen and oxygen atoms in total. The SMILES string of the molecule is CN1c2cc(C#N)ccc2OCC1C(=O)O. The summed E-state index contributed by atoms with van der Waals surface area (Å²) < 4.78 is 5.34. The van der Waals surface area contributed by atoms with E-state index in [4.69, 9.17) is 15.1 Å². The van der Waals surface area contributed by atoms with Gasteiger partial charge >= 0.3 is 5.97 Å². The molecule has 1 aliphatic heterocycles. The Balaban J connectivity index is 2.43. The van der Waals surface area contributed by atoms with E-state index in [0.717, 1.165) is 0 Å². The van der Waals surface area contributed by atoms with Crippen LogP contribution >= 0.6 is 0 Å². The van der Waals surface area contributed by atoms with Crippen molar-refractivity contribution in [1.82, 2.24) is 0 Å². The van der Waals surface area contributed by atoms with Gasteiger partial charge in [-0.2, -0.15) is 5.26 Å². The minimum Gasteiger partial charge on any atom is -0.489 e. The molecule has 2 rings (SSSR count). The predicted octanol–water partition coefficient (Wildman–Crippen LogP) is 0.840. The molecule has 5 heteroatoms. The molecule has 0 amide bonds. The number of carbonyl (C=O) groups is 1. The van der Waals surface area contributed by atoms with Crippen molar-refractivity contribution in [2.45, 2.75) is 6.04 Å². The lowest BCUT2D eigenvalue weighted by Gasteiger charge is -2.33. The first-order chi connectivity index (χ1) is 7.63. The summed E-state index contributed by atoms with van der Waals surface area (Å²) in [5.41, 5.74) is 1.12. The zero-order valence-corrected chi connectivity index (χ0v) is 8.67. The van der Waals surface area contributed by atoms with Crippen LogP contribution in [-0.4, -0.2) is 30.8 Å². The third-order valence-electron chi connectivity index (χ3n) is 2.62. The summed E-state index contributed by atoms with van der Waals surface area (Å²) >= 11 is 0. The molecule has 1 aliphatic rings. The van der Waals surface area contributed by atoms with E-state index in [0.29, 0.717) is 17.0 Å². The first kappa shape index (κ1) is 10.3. The molecule has 0 aliphatic carbocycles. The van der Waals surface area contributed by atoms with Crippen molar-refractivity contribution in [3.05, 3.63) is 23.8 Å². The maximum absolute atomic E-state index is 10.9. The van der Waals surface area contributed by atoms with Gasteiger partial charge in [-0.05, 0) is 18.2 Å². The zero-order valence-electron chi connectivity index (χ0n) is 8.67. The van der Waals surface area contributed by atoms with Gasteiger partial charge < -0.3 is 14.7 Å². The summed E-state index contributed by atoms with van der Waals surface area (Å²) in [6.07, 6.45) is 0. The van der Waals surface area contributed by atoms with Crippen LogP contribution in [0.5, 0.6) is 5.75 Å². The number of carboxylic acid groups (broad SMARTS) is 1. The summed E-state index contributed by atoms with van der Waals surface area (Å²) in [7, 11) is 1.68. The molecule has 16 heavy (non-hydrogen) atoms. The van der Waals surface area contributed by atoms with E-state index in [9.17, 15) is 4.79 Å². The number of nitriles is 1. The zero-order chi connectivity index (χ0) is 11.7. The lowest BCUT2D eigenvalue weighted by molar-refractivity contribution is -0.139. The number of hydrogen-bond donors (Lipinski definition) is 1. The van der Waals surface area contributed by atoms with Gasteiger partial charge in [0.1, 0.15) is 12.4 Å². The average Bonchev–Trinajstić information content (AvgIpc) is 2.28. The quantitative estimate of drug-likeness (QED) is 0.756. The van der Waals surface area contributed by atoms with Gasteiger partial charge in [-0.3, -0.25) is 0 Å². The predicted molar refractivity (Wildman–Crippen MR) is 56.5 cm³/mol. The molecule has 0 aromatic heterocycles. The van der Waals surface area contributed by atoms with Gasteiger partial charge in [-0.25, -0.2) is 4.79 Å². The van der Waals surface area contributed by atoms with Gasteiger partial charge in [0.15, 0.2) is 6.04 Å². The number of carboxylic acids is 1. The standard InChI is InChI=1S/C11H10N2O3/c1-13-8-4-7(5-12)2-3-10(8)16-6-9(13)11(14)15/h2-4,9H,6H2,1H3,(H,14,15). The molecule has 1 aromatic carbocycles. The lowest BCUT2D eigenvalue weighted by atomic mass is 10.1. The van der Waals surface area contributed by atoms with Crippen molar-refractivity contribution in [2.75, 3.05) is 18.6 Å². The molecular weight excluding hydrogens is 208 g/mol. The smallest absolute Gasteiger partial charge is 0.329 e. The summed E-state index contributed by atoms with van der Waals surface area (Å²) in [5.74, 6) is -0.325. The second-order valence-corrected chi connectivity index (χ2v) is 3.57. The fourth-order valence-corrected chi connectivity index (χ4v) is 1.67. The van der Waals surface area contributed by atoms with Crippen LogP contribution in [0.1, 0.15) is 5.56 Å². The number of rotatable bonds is 1. The first-order valence-corrected chi connectivity index (χ1v) is 4.76. The summed E-state index contributed by atoms with van der Waals surface area (Å²) in [6.45, 7) is 0.116. The summed E-state index contributed by atoms with van der Waals surface area (Å²) in [6, 6.07) is 6.26. The number of aliphatic carboxylic acids is 1. The molecule has 0 saturated carbocycles. The summed E-state index contributed by atoms with van der Waals surface area (Å²) in [4.78, 5) is 12.6. The Bertz CT molecular complexity index is 479. The molecule has 0 bridgehead atoms. The maximum atomic E-state index is 10.9. The topological polar surface area (TPSA) is 73.6 Å². The van der Waals surface area contributed by atoms with Crippen LogP contribution in [0.15, 0.2) is 18.2 Å². The highest BCUT2D eigenvalue weighted by atomic mass is 16.5. The van der Waals surface area contributed by atoms with E-state index in [1.807, 2.05) is 6.07 Å². The molecule has 0 radical (unpaired) electrons. The Morgan fingerprint density at radius 3 is 3.06 bits per heavy atom. The molecule has 1 unspecified atom stereocenters. The van der Waals surface area contributed by atoms with Crippen LogP contribution in [0, 0.1) is 11.3 Å². The molecule has 82 valence electrons. The number of fused-ring (bicyclic) bond motifs is 1. The Hall–Kier alpha value is -2.22. The van der Waals surface area contributed by atoms with E-state index in [1.165, 1.54) is 0 Å². The maximum Gasteiger partial charge on any atom is 0.329 e. The number of ether oxygens (including phenoxy) is 1. The van der Waals surface area contributed by atoms with Crippen LogP contribution in [0.4, 0.5) is 5.69 Å². The molecule has 1 aromatic rings. The minimum absolute atomic E-state index is 0.116. The third kappa shape index (κ3) is 1.54. The first-order valence-electron chi connectivity index (χ1n) is 4.76. The number of benzene rings is 1. The Kier molecular flexibility index (Phi) is 2.41. The molecular formula is C11H10N2O3. The monoisotopic (exact) mass is 218 g/mol. The Morgan fingerprint density at radius 1 is 1.69 bits per heavy atom. The normalized spacial score (nSPS) is 18.2. The molecule has 1 N–H and O–H groups in total. The fraction of sp³-hybridized carbons (Fsp3) is 0.273. The van der Waals surface area contributed by atoms with Crippen LogP contribution in [0.2, 0.25) is 0 Å². The Morgan fingerprint density at radius 2 is 2.44 bits per heavy atom. The molecule has 0 saturated heterocycles. The van der Waals surface area contributed by atoms with E-state index in [-0.39, 0.29) is 6.61 Å². The van der Waals surface area contributed by atoms with Crippen LogP contribution < -0.4 is 9.64 Å². The molecule has 1 heterocycles. The van der Waals surface area contributed by atoms with Gasteiger partial charge in [0.25, 0.3) is 0 Å². The number of nitrogens with zero attached hydrogens (tertiary/aromatic N) is 2. The highest BCUT2D eigenvalue weighted by molar-refractivity contribution is 5.80. The van der Waals surface area contributed by atoms with E-state index in [2.05, 4.69) is 0 Å². The molecule has 1 atom stereocenters. The van der Waals surface area contributed by atoms with E-state index in [1.54, 1.807) is 30.1 Å². The number of hydrogen-bond acceptors (Lipinski definition) is 4. The van der Waals surface area contributed by atoms with Gasteiger partial charge in [-0.1, -0.05) is 0 Å². The second kappa shape index (κ2) is 3.74. The van der Waals surface area contributed by atoms with Crippen molar-refractivity contribution in [3.8, 4) is 11.8 Å².